The Kier molecular flexibility index (Phi) is 9.79. The molecule has 0 saturated carbocycles. The third-order valence-corrected chi connectivity index (χ3v) is 3.49. The molecule has 1 aliphatic heterocycles. The fourth-order valence-corrected chi connectivity index (χ4v) is 2.37. The van der Waals surface area contributed by atoms with E-state index in [2.05, 4.69) is 31.2 Å². The van der Waals surface area contributed by atoms with Crippen molar-refractivity contribution in [2.24, 2.45) is 0 Å². The van der Waals surface area contributed by atoms with E-state index in [4.69, 9.17) is 0 Å². The van der Waals surface area contributed by atoms with Crippen LogP contribution >= 0.6 is 0 Å². The van der Waals surface area contributed by atoms with Gasteiger partial charge in [0.15, 0.2) is 0 Å². The Morgan fingerprint density at radius 1 is 1.00 bits per heavy atom. The number of benzene rings is 1. The molecule has 0 radical (unpaired) electrons. The molecule has 0 aliphatic carbocycles. The SMILES string of the molecule is CC.CC.CC(=O)N1CCC(c2ccc(C)cc2)CC1. The lowest BCUT2D eigenvalue weighted by atomic mass is 9.89. The van der Waals surface area contributed by atoms with Crippen LogP contribution in [0.3, 0.4) is 0 Å². The number of hydrogen-bond acceptors (Lipinski definition) is 1. The number of nitrogens with zero attached hydrogens (tertiary/aromatic N) is 1. The first-order chi connectivity index (χ1) is 9.66. The van der Waals surface area contributed by atoms with Crippen molar-refractivity contribution < 1.29 is 4.79 Å². The van der Waals surface area contributed by atoms with Crippen LogP contribution in [-0.4, -0.2) is 23.9 Å². The largest absolute Gasteiger partial charge is 0.343 e. The monoisotopic (exact) mass is 277 g/mol. The molecule has 2 nitrogen and oxygen atoms in total. The maximum absolute atomic E-state index is 11.2. The van der Waals surface area contributed by atoms with Gasteiger partial charge in [-0.3, -0.25) is 4.79 Å². The summed E-state index contributed by atoms with van der Waals surface area (Å²) in [5, 5.41) is 0. The maximum Gasteiger partial charge on any atom is 0.219 e. The van der Waals surface area contributed by atoms with Crippen molar-refractivity contribution in [1.82, 2.24) is 4.90 Å². The number of aryl methyl sites for hydroxylation is 1. The zero-order chi connectivity index (χ0) is 15.5. The smallest absolute Gasteiger partial charge is 0.219 e. The average Bonchev–Trinajstić information content (AvgIpc) is 2.52. The summed E-state index contributed by atoms with van der Waals surface area (Å²) < 4.78 is 0. The van der Waals surface area contributed by atoms with Crippen LogP contribution in [-0.2, 0) is 4.79 Å². The Morgan fingerprint density at radius 2 is 1.45 bits per heavy atom. The summed E-state index contributed by atoms with van der Waals surface area (Å²) in [7, 11) is 0. The third-order valence-electron chi connectivity index (χ3n) is 3.49. The lowest BCUT2D eigenvalue weighted by molar-refractivity contribution is -0.129. The van der Waals surface area contributed by atoms with Crippen LogP contribution in [0, 0.1) is 6.92 Å². The third kappa shape index (κ3) is 5.77. The van der Waals surface area contributed by atoms with Gasteiger partial charge in [0, 0.05) is 20.0 Å². The summed E-state index contributed by atoms with van der Waals surface area (Å²) in [6, 6.07) is 8.80. The van der Waals surface area contributed by atoms with Gasteiger partial charge < -0.3 is 4.90 Å². The van der Waals surface area contributed by atoms with Crippen molar-refractivity contribution in [2.45, 2.75) is 60.3 Å². The zero-order valence-electron chi connectivity index (χ0n) is 14.1. The van der Waals surface area contributed by atoms with Gasteiger partial charge in [-0.05, 0) is 31.2 Å². The average molecular weight is 277 g/mol. The van der Waals surface area contributed by atoms with Crippen LogP contribution in [0.5, 0.6) is 0 Å². The van der Waals surface area contributed by atoms with Crippen molar-refractivity contribution in [3.8, 4) is 0 Å². The van der Waals surface area contributed by atoms with Gasteiger partial charge in [0.05, 0.1) is 0 Å². The Balaban J connectivity index is 0.000000829. The number of carbonyl (C=O) groups excluding carboxylic acids is 1. The summed E-state index contributed by atoms with van der Waals surface area (Å²) >= 11 is 0. The zero-order valence-corrected chi connectivity index (χ0v) is 14.1. The van der Waals surface area contributed by atoms with Gasteiger partial charge >= 0.3 is 0 Å². The molecule has 0 unspecified atom stereocenters. The standard InChI is InChI=1S/C14H19NO.2C2H6/c1-11-3-5-13(6-4-11)14-7-9-15(10-8-14)12(2)16;2*1-2/h3-6,14H,7-10H2,1-2H3;2*1-2H3. The van der Waals surface area contributed by atoms with E-state index in [0.717, 1.165) is 25.9 Å². The van der Waals surface area contributed by atoms with Gasteiger partial charge in [0.1, 0.15) is 0 Å². The number of likely N-dealkylation sites (tertiary alicyclic amines) is 1. The molecule has 0 bridgehead atoms. The minimum atomic E-state index is 0.211. The van der Waals surface area contributed by atoms with E-state index >= 15 is 0 Å². The molecule has 1 fully saturated rings. The molecule has 114 valence electrons. The number of piperidine rings is 1. The first-order valence-electron chi connectivity index (χ1n) is 7.99. The number of hydrogen-bond donors (Lipinski definition) is 0. The predicted octanol–water partition coefficient (Wildman–Crippen LogP) is 4.77. The van der Waals surface area contributed by atoms with Crippen LogP contribution < -0.4 is 0 Å². The van der Waals surface area contributed by atoms with E-state index in [1.807, 2.05) is 32.6 Å². The Morgan fingerprint density at radius 3 is 1.85 bits per heavy atom. The highest BCUT2D eigenvalue weighted by molar-refractivity contribution is 5.73. The molecule has 1 aliphatic rings. The maximum atomic E-state index is 11.2. The van der Waals surface area contributed by atoms with Gasteiger partial charge in [-0.15, -0.1) is 0 Å². The van der Waals surface area contributed by atoms with Crippen LogP contribution in [0.15, 0.2) is 24.3 Å². The highest BCUT2D eigenvalue weighted by atomic mass is 16.2. The molecule has 0 spiro atoms. The quantitative estimate of drug-likeness (QED) is 0.724. The van der Waals surface area contributed by atoms with Crippen molar-refractivity contribution in [1.29, 1.82) is 0 Å². The molecule has 1 aromatic rings. The minimum absolute atomic E-state index is 0.211. The minimum Gasteiger partial charge on any atom is -0.343 e. The number of carbonyl (C=O) groups is 1. The van der Waals surface area contributed by atoms with E-state index in [0.29, 0.717) is 5.92 Å². The lowest BCUT2D eigenvalue weighted by Gasteiger charge is -2.31. The molecule has 0 atom stereocenters. The van der Waals surface area contributed by atoms with E-state index < -0.39 is 0 Å². The van der Waals surface area contributed by atoms with Gasteiger partial charge in [0.2, 0.25) is 5.91 Å². The normalized spacial score (nSPS) is 14.6. The summed E-state index contributed by atoms with van der Waals surface area (Å²) in [6.07, 6.45) is 2.20. The fraction of sp³-hybridized carbons (Fsp3) is 0.611. The molecule has 1 saturated heterocycles. The predicted molar refractivity (Wildman–Crippen MR) is 88.1 cm³/mol. The van der Waals surface area contributed by atoms with Crippen LogP contribution in [0.25, 0.3) is 0 Å². The molecule has 1 amide bonds. The van der Waals surface area contributed by atoms with Crippen molar-refractivity contribution in [2.75, 3.05) is 13.1 Å². The molecule has 20 heavy (non-hydrogen) atoms. The lowest BCUT2D eigenvalue weighted by Crippen LogP contribution is -2.36. The first-order valence-corrected chi connectivity index (χ1v) is 7.99. The highest BCUT2D eigenvalue weighted by Gasteiger charge is 2.21. The Hall–Kier alpha value is -1.31. The molecular formula is C18H31NO. The molecule has 1 heterocycles. The van der Waals surface area contributed by atoms with Crippen molar-refractivity contribution in [3.05, 3.63) is 35.4 Å². The summed E-state index contributed by atoms with van der Waals surface area (Å²) in [5.41, 5.74) is 2.73. The second kappa shape index (κ2) is 10.5. The van der Waals surface area contributed by atoms with Gasteiger partial charge in [-0.25, -0.2) is 0 Å². The number of rotatable bonds is 1. The van der Waals surface area contributed by atoms with Gasteiger partial charge in [0.25, 0.3) is 0 Å². The van der Waals surface area contributed by atoms with Gasteiger partial charge in [-0.2, -0.15) is 0 Å². The van der Waals surface area contributed by atoms with E-state index in [-0.39, 0.29) is 5.91 Å². The Bertz CT molecular complexity index is 362. The molecule has 1 aromatic carbocycles. The summed E-state index contributed by atoms with van der Waals surface area (Å²) in [5.74, 6) is 0.846. The number of amides is 1. The molecule has 0 N–H and O–H groups in total. The first kappa shape index (κ1) is 18.7. The highest BCUT2D eigenvalue weighted by Crippen LogP contribution is 2.27. The molecule has 0 aromatic heterocycles. The topological polar surface area (TPSA) is 20.3 Å². The summed E-state index contributed by atoms with van der Waals surface area (Å²) in [6.45, 7) is 13.6. The van der Waals surface area contributed by atoms with Gasteiger partial charge in [-0.1, -0.05) is 57.5 Å². The van der Waals surface area contributed by atoms with Crippen LogP contribution in [0.1, 0.15) is 64.5 Å². The second-order valence-electron chi connectivity index (χ2n) is 4.69. The van der Waals surface area contributed by atoms with Crippen LogP contribution in [0.4, 0.5) is 0 Å². The van der Waals surface area contributed by atoms with Crippen molar-refractivity contribution in [3.63, 3.8) is 0 Å². The molecule has 2 heteroatoms. The fourth-order valence-electron chi connectivity index (χ4n) is 2.37. The second-order valence-corrected chi connectivity index (χ2v) is 4.69. The molecular weight excluding hydrogens is 246 g/mol. The van der Waals surface area contributed by atoms with E-state index in [9.17, 15) is 4.79 Å². The van der Waals surface area contributed by atoms with E-state index in [1.165, 1.54) is 11.1 Å². The van der Waals surface area contributed by atoms with Crippen molar-refractivity contribution >= 4 is 5.91 Å². The Labute approximate surface area is 125 Å². The summed E-state index contributed by atoms with van der Waals surface area (Å²) in [4.78, 5) is 13.2. The molecule has 2 rings (SSSR count). The van der Waals surface area contributed by atoms with Crippen LogP contribution in [0.2, 0.25) is 0 Å². The van der Waals surface area contributed by atoms with E-state index in [1.54, 1.807) is 6.92 Å².